The Morgan fingerprint density at radius 2 is 1.66 bits per heavy atom. The topological polar surface area (TPSA) is 96.0 Å². The van der Waals surface area contributed by atoms with E-state index in [0.29, 0.717) is 43.8 Å². The molecule has 2 rings (SSSR count). The number of nitrogens with one attached hydrogen (secondary N) is 1. The first-order valence-corrected chi connectivity index (χ1v) is 13.8. The summed E-state index contributed by atoms with van der Waals surface area (Å²) < 4.78 is 31.3. The lowest BCUT2D eigenvalue weighted by molar-refractivity contribution is -0.140. The Hall–Kier alpha value is -3.07. The van der Waals surface area contributed by atoms with Crippen molar-refractivity contribution in [3.8, 4) is 5.75 Å². The predicted molar refractivity (Wildman–Crippen MR) is 139 cm³/mol. The van der Waals surface area contributed by atoms with Crippen molar-refractivity contribution >= 4 is 27.5 Å². The van der Waals surface area contributed by atoms with Crippen LogP contribution >= 0.6 is 0 Å². The number of ether oxygens (including phenoxy) is 1. The summed E-state index contributed by atoms with van der Waals surface area (Å²) in [5.74, 6) is 0.289. The molecule has 0 aromatic heterocycles. The van der Waals surface area contributed by atoms with Gasteiger partial charge < -0.3 is 15.0 Å². The second-order valence-electron chi connectivity index (χ2n) is 8.28. The molecule has 0 unspecified atom stereocenters. The number of hydrogen-bond donors (Lipinski definition) is 1. The molecule has 1 atom stereocenters. The third-order valence-corrected chi connectivity index (χ3v) is 6.93. The predicted octanol–water partition coefficient (Wildman–Crippen LogP) is 3.23. The fourth-order valence-electron chi connectivity index (χ4n) is 3.94. The van der Waals surface area contributed by atoms with E-state index in [1.807, 2.05) is 44.2 Å². The smallest absolute Gasteiger partial charge is 0.242 e. The zero-order valence-corrected chi connectivity index (χ0v) is 21.9. The number of amides is 2. The molecule has 35 heavy (non-hydrogen) atoms. The maximum atomic E-state index is 13.3. The second-order valence-corrected chi connectivity index (χ2v) is 10.2. The maximum absolute atomic E-state index is 13.3. The van der Waals surface area contributed by atoms with Gasteiger partial charge in [-0.1, -0.05) is 37.3 Å². The Morgan fingerprint density at radius 3 is 2.20 bits per heavy atom. The van der Waals surface area contributed by atoms with Crippen molar-refractivity contribution in [2.24, 2.45) is 0 Å². The average molecular weight is 504 g/mol. The van der Waals surface area contributed by atoms with E-state index in [0.717, 1.165) is 11.8 Å². The van der Waals surface area contributed by atoms with Crippen molar-refractivity contribution in [1.29, 1.82) is 0 Å². The molecule has 2 amide bonds. The van der Waals surface area contributed by atoms with E-state index < -0.39 is 16.1 Å². The van der Waals surface area contributed by atoms with Gasteiger partial charge in [0.05, 0.1) is 19.1 Å². The molecule has 192 valence electrons. The summed E-state index contributed by atoms with van der Waals surface area (Å²) in [6.45, 7) is 4.78. The number of carbonyl (C=O) groups is 2. The molecule has 1 N–H and O–H groups in total. The van der Waals surface area contributed by atoms with Gasteiger partial charge in [0.15, 0.2) is 0 Å². The first kappa shape index (κ1) is 28.2. The molecule has 0 fully saturated rings. The molecule has 0 aliphatic rings. The quantitative estimate of drug-likeness (QED) is 0.427. The zero-order chi connectivity index (χ0) is 25.8. The number of likely N-dealkylation sites (N-methyl/N-ethyl adjacent to an activating group) is 1. The SMILES string of the molecule is CCNC(=O)[C@@H](CC)N(CCc1ccccc1)C(=O)CCCN(c1ccc(OC)cc1)S(C)(=O)=O. The summed E-state index contributed by atoms with van der Waals surface area (Å²) in [5, 5.41) is 2.82. The van der Waals surface area contributed by atoms with Crippen LogP contribution in [0.4, 0.5) is 5.69 Å². The van der Waals surface area contributed by atoms with Crippen LogP contribution in [0.3, 0.4) is 0 Å². The summed E-state index contributed by atoms with van der Waals surface area (Å²) in [6.07, 6.45) is 2.73. The first-order chi connectivity index (χ1) is 16.7. The minimum absolute atomic E-state index is 0.132. The Morgan fingerprint density at radius 1 is 1.00 bits per heavy atom. The molecule has 0 bridgehead atoms. The number of hydrogen-bond acceptors (Lipinski definition) is 5. The van der Waals surface area contributed by atoms with Crippen molar-refractivity contribution < 1.29 is 22.7 Å². The highest BCUT2D eigenvalue weighted by Gasteiger charge is 2.28. The van der Waals surface area contributed by atoms with Crippen LogP contribution in [0.2, 0.25) is 0 Å². The van der Waals surface area contributed by atoms with Crippen LogP contribution in [0.5, 0.6) is 5.75 Å². The van der Waals surface area contributed by atoms with Crippen LogP contribution in [0.25, 0.3) is 0 Å². The molecule has 8 nitrogen and oxygen atoms in total. The third kappa shape index (κ3) is 8.58. The standard InChI is InChI=1S/C26H37N3O5S/c1-5-24(26(31)27-6-2)28(20-18-21-11-8-7-9-12-21)25(30)13-10-19-29(35(4,32)33)22-14-16-23(34-3)17-15-22/h7-9,11-12,14-17,24H,5-6,10,13,18-20H2,1-4H3,(H,27,31)/t24-/m1/s1. The number of methoxy groups -OCH3 is 1. The molecule has 2 aromatic rings. The van der Waals surface area contributed by atoms with E-state index in [2.05, 4.69) is 5.32 Å². The number of benzene rings is 2. The van der Waals surface area contributed by atoms with E-state index >= 15 is 0 Å². The van der Waals surface area contributed by atoms with Gasteiger partial charge in [0.2, 0.25) is 21.8 Å². The summed E-state index contributed by atoms with van der Waals surface area (Å²) in [6, 6.07) is 16.0. The minimum Gasteiger partial charge on any atom is -0.497 e. The number of sulfonamides is 1. The normalized spacial score (nSPS) is 12.0. The molecule has 0 aliphatic carbocycles. The van der Waals surface area contributed by atoms with Crippen molar-refractivity contribution in [2.75, 3.05) is 37.3 Å². The largest absolute Gasteiger partial charge is 0.497 e. The van der Waals surface area contributed by atoms with Gasteiger partial charge in [-0.25, -0.2) is 8.42 Å². The van der Waals surface area contributed by atoms with E-state index in [-0.39, 0.29) is 24.8 Å². The van der Waals surface area contributed by atoms with Gasteiger partial charge in [-0.15, -0.1) is 0 Å². The van der Waals surface area contributed by atoms with Crippen molar-refractivity contribution in [3.05, 3.63) is 60.2 Å². The molecule has 0 spiro atoms. The van der Waals surface area contributed by atoms with Crippen LogP contribution in [-0.2, 0) is 26.0 Å². The van der Waals surface area contributed by atoms with Gasteiger partial charge in [-0.3, -0.25) is 13.9 Å². The molecule has 2 aromatic carbocycles. The van der Waals surface area contributed by atoms with E-state index in [9.17, 15) is 18.0 Å². The van der Waals surface area contributed by atoms with Gasteiger partial charge in [0.1, 0.15) is 11.8 Å². The van der Waals surface area contributed by atoms with Crippen molar-refractivity contribution in [2.45, 2.75) is 45.6 Å². The zero-order valence-electron chi connectivity index (χ0n) is 21.1. The lowest BCUT2D eigenvalue weighted by atomic mass is 10.1. The van der Waals surface area contributed by atoms with Crippen LogP contribution in [0, 0.1) is 0 Å². The van der Waals surface area contributed by atoms with Gasteiger partial charge >= 0.3 is 0 Å². The molecule has 0 saturated carbocycles. The van der Waals surface area contributed by atoms with Gasteiger partial charge in [-0.2, -0.15) is 0 Å². The number of anilines is 1. The molecular formula is C26H37N3O5S. The Bertz CT molecular complexity index is 1040. The Balaban J connectivity index is 2.13. The fourth-order valence-corrected chi connectivity index (χ4v) is 4.91. The van der Waals surface area contributed by atoms with Crippen LogP contribution in [0.15, 0.2) is 54.6 Å². The highest BCUT2D eigenvalue weighted by atomic mass is 32.2. The van der Waals surface area contributed by atoms with E-state index in [4.69, 9.17) is 4.74 Å². The highest BCUT2D eigenvalue weighted by molar-refractivity contribution is 7.92. The highest BCUT2D eigenvalue weighted by Crippen LogP contribution is 2.22. The molecule has 9 heteroatoms. The monoisotopic (exact) mass is 503 g/mol. The maximum Gasteiger partial charge on any atom is 0.242 e. The van der Waals surface area contributed by atoms with Crippen LogP contribution in [-0.4, -0.2) is 64.2 Å². The second kappa shape index (κ2) is 13.7. The molecule has 0 heterocycles. The molecule has 0 radical (unpaired) electrons. The lowest BCUT2D eigenvalue weighted by Gasteiger charge is -2.31. The summed E-state index contributed by atoms with van der Waals surface area (Å²) >= 11 is 0. The fraction of sp³-hybridized carbons (Fsp3) is 0.462. The first-order valence-electron chi connectivity index (χ1n) is 11.9. The van der Waals surface area contributed by atoms with Gasteiger partial charge in [-0.05, 0) is 56.0 Å². The van der Waals surface area contributed by atoms with Crippen LogP contribution in [0.1, 0.15) is 38.7 Å². The molecule has 0 saturated heterocycles. The average Bonchev–Trinajstić information content (AvgIpc) is 2.84. The van der Waals surface area contributed by atoms with Crippen LogP contribution < -0.4 is 14.4 Å². The van der Waals surface area contributed by atoms with E-state index in [1.54, 1.807) is 36.3 Å². The van der Waals surface area contributed by atoms with E-state index in [1.165, 1.54) is 4.31 Å². The van der Waals surface area contributed by atoms with Gasteiger partial charge in [0.25, 0.3) is 0 Å². The lowest BCUT2D eigenvalue weighted by Crippen LogP contribution is -2.50. The molecular weight excluding hydrogens is 466 g/mol. The van der Waals surface area contributed by atoms with Crippen molar-refractivity contribution in [3.63, 3.8) is 0 Å². The number of rotatable bonds is 14. The number of nitrogens with zero attached hydrogens (tertiary/aromatic N) is 2. The van der Waals surface area contributed by atoms with Gasteiger partial charge in [0, 0.05) is 26.1 Å². The third-order valence-electron chi connectivity index (χ3n) is 5.73. The number of carbonyl (C=O) groups excluding carboxylic acids is 2. The summed E-state index contributed by atoms with van der Waals surface area (Å²) in [4.78, 5) is 27.6. The minimum atomic E-state index is -3.54. The van der Waals surface area contributed by atoms with Crippen molar-refractivity contribution in [1.82, 2.24) is 10.2 Å². The summed E-state index contributed by atoms with van der Waals surface area (Å²) in [5.41, 5.74) is 1.59. The molecule has 0 aliphatic heterocycles. The Kier molecular flexibility index (Phi) is 11.0. The Labute approximate surface area is 209 Å². The summed E-state index contributed by atoms with van der Waals surface area (Å²) in [7, 11) is -2.00.